The van der Waals surface area contributed by atoms with Crippen LogP contribution < -0.4 is 5.32 Å². The Bertz CT molecular complexity index is 931. The molecule has 2 amide bonds. The van der Waals surface area contributed by atoms with Gasteiger partial charge in [0, 0.05) is 51.0 Å². The first kappa shape index (κ1) is 22.1. The van der Waals surface area contributed by atoms with Gasteiger partial charge in [0.25, 0.3) is 5.91 Å². The summed E-state index contributed by atoms with van der Waals surface area (Å²) in [6.07, 6.45) is 8.67. The highest BCUT2D eigenvalue weighted by Gasteiger charge is 2.41. The van der Waals surface area contributed by atoms with E-state index in [4.69, 9.17) is 0 Å². The second kappa shape index (κ2) is 10.0. The van der Waals surface area contributed by atoms with Gasteiger partial charge in [-0.25, -0.2) is 0 Å². The zero-order valence-electron chi connectivity index (χ0n) is 19.2. The number of hydrogen-bond acceptors (Lipinski definition) is 4. The fourth-order valence-electron chi connectivity index (χ4n) is 5.91. The zero-order valence-corrected chi connectivity index (χ0v) is 19.2. The molecular formula is C27H34N4O2. The number of hydrogen-bond donors (Lipinski definition) is 1. The van der Waals surface area contributed by atoms with Crippen molar-refractivity contribution >= 4 is 11.8 Å². The normalized spacial score (nSPS) is 24.1. The molecule has 3 heterocycles. The summed E-state index contributed by atoms with van der Waals surface area (Å²) < 4.78 is 0. The molecule has 0 spiro atoms. The smallest absolute Gasteiger partial charge is 0.255 e. The number of amides is 2. The molecule has 1 N–H and O–H groups in total. The second-order valence-electron chi connectivity index (χ2n) is 9.97. The molecule has 6 heteroatoms. The molecular weight excluding hydrogens is 412 g/mol. The van der Waals surface area contributed by atoms with Gasteiger partial charge in [-0.15, -0.1) is 0 Å². The van der Waals surface area contributed by atoms with Crippen LogP contribution in [-0.2, 0) is 4.79 Å². The van der Waals surface area contributed by atoms with Gasteiger partial charge in [0.15, 0.2) is 0 Å². The van der Waals surface area contributed by atoms with Crippen molar-refractivity contribution in [2.24, 2.45) is 17.8 Å². The van der Waals surface area contributed by atoms with Crippen LogP contribution in [0.1, 0.15) is 54.1 Å². The molecule has 0 radical (unpaired) electrons. The Morgan fingerprint density at radius 3 is 2.36 bits per heavy atom. The summed E-state index contributed by atoms with van der Waals surface area (Å²) in [5.41, 5.74) is 1.87. The third-order valence-corrected chi connectivity index (χ3v) is 7.74. The molecule has 2 aliphatic heterocycles. The Balaban J connectivity index is 1.15. The lowest BCUT2D eigenvalue weighted by molar-refractivity contribution is -0.125. The Kier molecular flexibility index (Phi) is 6.72. The van der Waals surface area contributed by atoms with Crippen LogP contribution in [0, 0.1) is 17.8 Å². The van der Waals surface area contributed by atoms with Crippen molar-refractivity contribution in [2.75, 3.05) is 32.7 Å². The number of rotatable bonds is 7. The molecule has 1 aromatic heterocycles. The van der Waals surface area contributed by atoms with Crippen LogP contribution in [0.15, 0.2) is 54.9 Å². The van der Waals surface area contributed by atoms with Crippen molar-refractivity contribution in [1.29, 1.82) is 0 Å². The van der Waals surface area contributed by atoms with Crippen molar-refractivity contribution < 1.29 is 9.59 Å². The zero-order chi connectivity index (χ0) is 22.6. The highest BCUT2D eigenvalue weighted by Crippen LogP contribution is 2.33. The maximum atomic E-state index is 12.8. The molecule has 3 atom stereocenters. The predicted molar refractivity (Wildman–Crippen MR) is 127 cm³/mol. The summed E-state index contributed by atoms with van der Waals surface area (Å²) in [5, 5.41) is 3.37. The van der Waals surface area contributed by atoms with Gasteiger partial charge in [-0.3, -0.25) is 14.6 Å². The number of aromatic nitrogens is 1. The van der Waals surface area contributed by atoms with Crippen LogP contribution >= 0.6 is 0 Å². The molecule has 1 aromatic carbocycles. The molecule has 1 saturated carbocycles. The van der Waals surface area contributed by atoms with Crippen LogP contribution in [-0.4, -0.2) is 59.3 Å². The van der Waals surface area contributed by atoms with Crippen molar-refractivity contribution in [3.05, 3.63) is 66.0 Å². The fraction of sp³-hybridized carbons (Fsp3) is 0.519. The Morgan fingerprint density at radius 1 is 0.970 bits per heavy atom. The summed E-state index contributed by atoms with van der Waals surface area (Å²) in [5.74, 6) is 1.58. The molecule has 2 unspecified atom stereocenters. The van der Waals surface area contributed by atoms with Crippen LogP contribution in [0.3, 0.4) is 0 Å². The molecule has 3 fully saturated rings. The third-order valence-electron chi connectivity index (χ3n) is 7.74. The summed E-state index contributed by atoms with van der Waals surface area (Å²) in [6.45, 7) is 4.68. The Morgan fingerprint density at radius 2 is 1.70 bits per heavy atom. The van der Waals surface area contributed by atoms with Crippen molar-refractivity contribution in [2.45, 2.75) is 38.1 Å². The summed E-state index contributed by atoms with van der Waals surface area (Å²) in [7, 11) is 0. The van der Waals surface area contributed by atoms with E-state index >= 15 is 0 Å². The maximum absolute atomic E-state index is 12.8. The summed E-state index contributed by atoms with van der Waals surface area (Å²) in [4.78, 5) is 34.2. The topological polar surface area (TPSA) is 65.5 Å². The first-order chi connectivity index (χ1) is 16.2. The standard InChI is InChI=1S/C27H34N4O2/c32-26(21-9-4-5-10-21)29-25(20-7-2-1-3-8-20)12-14-30-16-23-18-31(19-24(23)17-30)27(33)22-11-6-13-28-15-22/h1-3,6-8,11,13,15,21,23-25H,4-5,9-10,12,14,16-19H2,(H,29,32)/t23-,24?,25?/m0/s1. The molecule has 3 aliphatic rings. The van der Waals surface area contributed by atoms with Crippen LogP contribution in [0.5, 0.6) is 0 Å². The van der Waals surface area contributed by atoms with Gasteiger partial charge in [0.2, 0.25) is 5.91 Å². The number of carbonyl (C=O) groups excluding carboxylic acids is 2. The number of nitrogens with zero attached hydrogens (tertiary/aromatic N) is 3. The van der Waals surface area contributed by atoms with E-state index in [-0.39, 0.29) is 23.8 Å². The van der Waals surface area contributed by atoms with E-state index in [0.29, 0.717) is 17.4 Å². The molecule has 174 valence electrons. The number of likely N-dealkylation sites (tertiary alicyclic amines) is 2. The lowest BCUT2D eigenvalue weighted by Gasteiger charge is -2.25. The van der Waals surface area contributed by atoms with E-state index in [0.717, 1.165) is 52.0 Å². The monoisotopic (exact) mass is 446 g/mol. The van der Waals surface area contributed by atoms with Crippen LogP contribution in [0.25, 0.3) is 0 Å². The highest BCUT2D eigenvalue weighted by atomic mass is 16.2. The lowest BCUT2D eigenvalue weighted by Crippen LogP contribution is -2.36. The van der Waals surface area contributed by atoms with E-state index < -0.39 is 0 Å². The van der Waals surface area contributed by atoms with Crippen molar-refractivity contribution in [3.63, 3.8) is 0 Å². The molecule has 2 saturated heterocycles. The first-order valence-corrected chi connectivity index (χ1v) is 12.4. The number of nitrogens with one attached hydrogen (secondary N) is 1. The van der Waals surface area contributed by atoms with Crippen LogP contribution in [0.2, 0.25) is 0 Å². The predicted octanol–water partition coefficient (Wildman–Crippen LogP) is 3.52. The second-order valence-corrected chi connectivity index (χ2v) is 9.97. The van der Waals surface area contributed by atoms with Gasteiger partial charge in [0.1, 0.15) is 0 Å². The quantitative estimate of drug-likeness (QED) is 0.707. The van der Waals surface area contributed by atoms with E-state index in [1.807, 2.05) is 23.1 Å². The average Bonchev–Trinajstić information content (AvgIpc) is 3.59. The molecule has 0 bridgehead atoms. The lowest BCUT2D eigenvalue weighted by atomic mass is 10.0. The van der Waals surface area contributed by atoms with Gasteiger partial charge in [-0.1, -0.05) is 43.2 Å². The molecule has 2 aromatic rings. The maximum Gasteiger partial charge on any atom is 0.255 e. The summed E-state index contributed by atoms with van der Waals surface area (Å²) >= 11 is 0. The third kappa shape index (κ3) is 5.11. The van der Waals surface area contributed by atoms with E-state index in [1.165, 1.54) is 18.4 Å². The Labute approximate surface area is 196 Å². The minimum atomic E-state index is 0.0587. The summed E-state index contributed by atoms with van der Waals surface area (Å²) in [6, 6.07) is 14.1. The minimum Gasteiger partial charge on any atom is -0.349 e. The van der Waals surface area contributed by atoms with E-state index in [9.17, 15) is 9.59 Å². The molecule has 6 nitrogen and oxygen atoms in total. The largest absolute Gasteiger partial charge is 0.349 e. The number of fused-ring (bicyclic) bond motifs is 1. The number of carbonyl (C=O) groups is 2. The average molecular weight is 447 g/mol. The SMILES string of the molecule is O=C(NC(CCN1CC2CN(C(=O)c3cccnc3)C[C@@H]2C1)c1ccccc1)C1CCCC1. The van der Waals surface area contributed by atoms with Crippen LogP contribution in [0.4, 0.5) is 0 Å². The van der Waals surface area contributed by atoms with Crippen molar-refractivity contribution in [1.82, 2.24) is 20.1 Å². The Hall–Kier alpha value is -2.73. The highest BCUT2D eigenvalue weighted by molar-refractivity contribution is 5.94. The first-order valence-electron chi connectivity index (χ1n) is 12.4. The minimum absolute atomic E-state index is 0.0587. The molecule has 5 rings (SSSR count). The fourth-order valence-corrected chi connectivity index (χ4v) is 5.91. The molecule has 33 heavy (non-hydrogen) atoms. The molecule has 1 aliphatic carbocycles. The van der Waals surface area contributed by atoms with Gasteiger partial charge < -0.3 is 15.1 Å². The van der Waals surface area contributed by atoms with Crippen molar-refractivity contribution in [3.8, 4) is 0 Å². The van der Waals surface area contributed by atoms with Gasteiger partial charge in [-0.05, 0) is 48.8 Å². The van der Waals surface area contributed by atoms with Gasteiger partial charge >= 0.3 is 0 Å². The van der Waals surface area contributed by atoms with E-state index in [2.05, 4.69) is 39.5 Å². The van der Waals surface area contributed by atoms with E-state index in [1.54, 1.807) is 12.4 Å². The number of pyridine rings is 1. The van der Waals surface area contributed by atoms with Gasteiger partial charge in [-0.2, -0.15) is 0 Å². The van der Waals surface area contributed by atoms with Gasteiger partial charge in [0.05, 0.1) is 11.6 Å². The number of benzene rings is 1.